The van der Waals surface area contributed by atoms with Crippen LogP contribution in [0.3, 0.4) is 0 Å². The molecule has 0 atom stereocenters. The standard InChI is InChI=1S/C23H14ClFO4/c24-19-4-2-1-3-15(19)11-22-23(27)18-10-9-17(12-21(18)29-22)28-13-20(26)14-5-7-16(25)8-6-14/h1-12H,13H2. The molecule has 6 heteroatoms. The van der Waals surface area contributed by atoms with Crippen LogP contribution in [0.5, 0.6) is 11.5 Å². The van der Waals surface area contributed by atoms with Crippen LogP contribution in [0.1, 0.15) is 26.3 Å². The number of carbonyl (C=O) groups is 2. The summed E-state index contributed by atoms with van der Waals surface area (Å²) in [5.41, 5.74) is 1.43. The molecular formula is C23H14ClFO4. The van der Waals surface area contributed by atoms with Gasteiger partial charge in [-0.15, -0.1) is 0 Å². The third-order valence-corrected chi connectivity index (χ3v) is 4.71. The van der Waals surface area contributed by atoms with Gasteiger partial charge in [0.25, 0.3) is 0 Å². The number of allylic oxidation sites excluding steroid dienone is 1. The number of rotatable bonds is 5. The quantitative estimate of drug-likeness (QED) is 0.421. The predicted octanol–water partition coefficient (Wildman–Crippen LogP) is 5.36. The molecule has 0 unspecified atom stereocenters. The van der Waals surface area contributed by atoms with Crippen LogP contribution in [-0.2, 0) is 0 Å². The van der Waals surface area contributed by atoms with E-state index in [-0.39, 0.29) is 23.9 Å². The number of carbonyl (C=O) groups excluding carboxylic acids is 2. The summed E-state index contributed by atoms with van der Waals surface area (Å²) >= 11 is 6.13. The smallest absolute Gasteiger partial charge is 0.231 e. The number of Topliss-reactive ketones (excluding diaryl/α,β-unsaturated/α-hetero) is 2. The van der Waals surface area contributed by atoms with Gasteiger partial charge < -0.3 is 9.47 Å². The molecule has 0 bridgehead atoms. The Bertz CT molecular complexity index is 1140. The second-order valence-corrected chi connectivity index (χ2v) is 6.75. The molecule has 0 saturated carbocycles. The fourth-order valence-corrected chi connectivity index (χ4v) is 3.05. The van der Waals surface area contributed by atoms with Gasteiger partial charge in [0.05, 0.1) is 5.56 Å². The Morgan fingerprint density at radius 3 is 2.59 bits per heavy atom. The maximum atomic E-state index is 13.0. The van der Waals surface area contributed by atoms with Gasteiger partial charge in [-0.2, -0.15) is 0 Å². The summed E-state index contributed by atoms with van der Waals surface area (Å²) in [7, 11) is 0. The lowest BCUT2D eigenvalue weighted by atomic mass is 10.1. The second kappa shape index (κ2) is 7.89. The van der Waals surface area contributed by atoms with Crippen LogP contribution in [0.4, 0.5) is 4.39 Å². The van der Waals surface area contributed by atoms with Crippen molar-refractivity contribution in [3.63, 3.8) is 0 Å². The monoisotopic (exact) mass is 408 g/mol. The number of benzene rings is 3. The molecule has 1 aliphatic rings. The molecule has 0 aromatic heterocycles. The van der Waals surface area contributed by atoms with Crippen molar-refractivity contribution in [3.8, 4) is 11.5 Å². The van der Waals surface area contributed by atoms with Gasteiger partial charge in [-0.25, -0.2) is 4.39 Å². The molecule has 0 fully saturated rings. The molecule has 144 valence electrons. The van der Waals surface area contributed by atoms with Gasteiger partial charge in [-0.1, -0.05) is 29.8 Å². The molecule has 0 radical (unpaired) electrons. The van der Waals surface area contributed by atoms with E-state index in [1.165, 1.54) is 24.3 Å². The maximum Gasteiger partial charge on any atom is 0.231 e. The van der Waals surface area contributed by atoms with Gasteiger partial charge in [-0.05, 0) is 54.1 Å². The minimum absolute atomic E-state index is 0.160. The van der Waals surface area contributed by atoms with E-state index in [4.69, 9.17) is 21.1 Å². The largest absolute Gasteiger partial charge is 0.485 e. The van der Waals surface area contributed by atoms with E-state index in [1.54, 1.807) is 42.5 Å². The Morgan fingerprint density at radius 2 is 1.83 bits per heavy atom. The highest BCUT2D eigenvalue weighted by Gasteiger charge is 2.28. The molecule has 0 spiro atoms. The molecule has 0 amide bonds. The molecule has 3 aromatic rings. The summed E-state index contributed by atoms with van der Waals surface area (Å²) < 4.78 is 24.1. The summed E-state index contributed by atoms with van der Waals surface area (Å²) in [4.78, 5) is 24.7. The zero-order valence-electron chi connectivity index (χ0n) is 15.0. The highest BCUT2D eigenvalue weighted by molar-refractivity contribution is 6.32. The normalized spacial score (nSPS) is 13.9. The fourth-order valence-electron chi connectivity index (χ4n) is 2.86. The number of halogens is 2. The number of ether oxygens (including phenoxy) is 2. The van der Waals surface area contributed by atoms with Crippen molar-refractivity contribution in [2.24, 2.45) is 0 Å². The lowest BCUT2D eigenvalue weighted by molar-refractivity contribution is 0.0920. The Labute approximate surface area is 171 Å². The number of ketones is 2. The van der Waals surface area contributed by atoms with E-state index >= 15 is 0 Å². The van der Waals surface area contributed by atoms with Crippen LogP contribution in [0.2, 0.25) is 5.02 Å². The van der Waals surface area contributed by atoms with Gasteiger partial charge in [0.2, 0.25) is 5.78 Å². The molecule has 1 heterocycles. The summed E-state index contributed by atoms with van der Waals surface area (Å²) in [5.74, 6) is -0.0714. The average Bonchev–Trinajstić information content (AvgIpc) is 3.03. The minimum Gasteiger partial charge on any atom is -0.485 e. The molecule has 4 rings (SSSR count). The fraction of sp³-hybridized carbons (Fsp3) is 0.0435. The molecule has 0 N–H and O–H groups in total. The van der Waals surface area contributed by atoms with Crippen molar-refractivity contribution in [2.45, 2.75) is 0 Å². The van der Waals surface area contributed by atoms with Crippen LogP contribution < -0.4 is 9.47 Å². The average molecular weight is 409 g/mol. The van der Waals surface area contributed by atoms with Crippen LogP contribution in [0.15, 0.2) is 72.5 Å². The molecule has 0 saturated heterocycles. The summed E-state index contributed by atoms with van der Waals surface area (Å²) in [6, 6.07) is 17.1. The van der Waals surface area contributed by atoms with E-state index < -0.39 is 5.82 Å². The SMILES string of the molecule is O=C(COc1ccc2c(c1)OC(=Cc1ccccc1Cl)C2=O)c1ccc(F)cc1. The number of fused-ring (bicyclic) bond motifs is 1. The van der Waals surface area contributed by atoms with E-state index in [0.717, 1.165) is 0 Å². The minimum atomic E-state index is -0.413. The van der Waals surface area contributed by atoms with E-state index in [2.05, 4.69) is 0 Å². The van der Waals surface area contributed by atoms with Gasteiger partial charge in [-0.3, -0.25) is 9.59 Å². The van der Waals surface area contributed by atoms with Crippen molar-refractivity contribution in [2.75, 3.05) is 6.61 Å². The molecule has 3 aromatic carbocycles. The number of hydrogen-bond donors (Lipinski definition) is 0. The van der Waals surface area contributed by atoms with Crippen LogP contribution >= 0.6 is 11.6 Å². The third-order valence-electron chi connectivity index (χ3n) is 4.37. The first-order valence-corrected chi connectivity index (χ1v) is 9.13. The Morgan fingerprint density at radius 1 is 1.07 bits per heavy atom. The van der Waals surface area contributed by atoms with Crippen molar-refractivity contribution >= 4 is 29.2 Å². The van der Waals surface area contributed by atoms with Gasteiger partial charge in [0.1, 0.15) is 17.3 Å². The van der Waals surface area contributed by atoms with Crippen molar-refractivity contribution in [1.29, 1.82) is 0 Å². The number of hydrogen-bond acceptors (Lipinski definition) is 4. The zero-order valence-corrected chi connectivity index (χ0v) is 15.8. The topological polar surface area (TPSA) is 52.6 Å². The van der Waals surface area contributed by atoms with Crippen LogP contribution in [-0.4, -0.2) is 18.2 Å². The third kappa shape index (κ3) is 4.05. The van der Waals surface area contributed by atoms with Gasteiger partial charge >= 0.3 is 0 Å². The van der Waals surface area contributed by atoms with E-state index in [9.17, 15) is 14.0 Å². The highest BCUT2D eigenvalue weighted by Crippen LogP contribution is 2.35. The first-order valence-electron chi connectivity index (χ1n) is 8.75. The predicted molar refractivity (Wildman–Crippen MR) is 107 cm³/mol. The molecular weight excluding hydrogens is 395 g/mol. The Balaban J connectivity index is 1.48. The lowest BCUT2D eigenvalue weighted by Gasteiger charge is -2.07. The molecule has 29 heavy (non-hydrogen) atoms. The van der Waals surface area contributed by atoms with Crippen molar-refractivity contribution < 1.29 is 23.5 Å². The highest BCUT2D eigenvalue weighted by atomic mass is 35.5. The van der Waals surface area contributed by atoms with E-state index in [0.29, 0.717) is 33.2 Å². The molecule has 4 nitrogen and oxygen atoms in total. The molecule has 1 aliphatic heterocycles. The van der Waals surface area contributed by atoms with Crippen molar-refractivity contribution in [3.05, 3.63) is 100 Å². The van der Waals surface area contributed by atoms with Crippen LogP contribution in [0.25, 0.3) is 6.08 Å². The first-order chi connectivity index (χ1) is 14.0. The van der Waals surface area contributed by atoms with Gasteiger partial charge in [0.15, 0.2) is 18.1 Å². The lowest BCUT2D eigenvalue weighted by Crippen LogP contribution is -2.11. The Hall–Kier alpha value is -3.44. The van der Waals surface area contributed by atoms with Gasteiger partial charge in [0, 0.05) is 16.7 Å². The van der Waals surface area contributed by atoms with Crippen LogP contribution in [0, 0.1) is 5.82 Å². The van der Waals surface area contributed by atoms with E-state index in [1.807, 2.05) is 6.07 Å². The first kappa shape index (κ1) is 18.9. The molecule has 0 aliphatic carbocycles. The summed E-state index contributed by atoms with van der Waals surface area (Å²) in [5, 5.41) is 0.510. The maximum absolute atomic E-state index is 13.0. The summed E-state index contributed by atoms with van der Waals surface area (Å²) in [6.07, 6.45) is 1.59. The summed E-state index contributed by atoms with van der Waals surface area (Å²) in [6.45, 7) is -0.222. The zero-order chi connectivity index (χ0) is 20.4. The Kier molecular flexibility index (Phi) is 5.14. The second-order valence-electron chi connectivity index (χ2n) is 6.34. The van der Waals surface area contributed by atoms with Crippen molar-refractivity contribution in [1.82, 2.24) is 0 Å².